The standard InChI is InChI=1S/C15H14BrCl2NOS/c1-2-19-11-7-13(14-6-10(16)15(18)21-14)20-12-4-3-8(17)5-9(11)12/h3-6,11,13,19H,2,7H2,1H3. The third-order valence-electron chi connectivity index (χ3n) is 3.50. The number of hydrogen-bond donors (Lipinski definition) is 1. The summed E-state index contributed by atoms with van der Waals surface area (Å²) >= 11 is 17.3. The van der Waals surface area contributed by atoms with Crippen molar-refractivity contribution in [2.24, 2.45) is 0 Å². The van der Waals surface area contributed by atoms with Gasteiger partial charge in [0.1, 0.15) is 16.2 Å². The zero-order valence-corrected chi connectivity index (χ0v) is 15.2. The van der Waals surface area contributed by atoms with E-state index in [-0.39, 0.29) is 12.1 Å². The molecule has 0 saturated carbocycles. The molecule has 0 bridgehead atoms. The largest absolute Gasteiger partial charge is 0.484 e. The number of ether oxygens (including phenoxy) is 1. The monoisotopic (exact) mass is 405 g/mol. The lowest BCUT2D eigenvalue weighted by Crippen LogP contribution is -2.28. The Balaban J connectivity index is 1.95. The van der Waals surface area contributed by atoms with Crippen LogP contribution in [-0.4, -0.2) is 6.54 Å². The highest BCUT2D eigenvalue weighted by molar-refractivity contribution is 9.10. The van der Waals surface area contributed by atoms with E-state index in [1.807, 2.05) is 24.3 Å². The maximum atomic E-state index is 6.15. The lowest BCUT2D eigenvalue weighted by molar-refractivity contribution is 0.155. The molecule has 21 heavy (non-hydrogen) atoms. The summed E-state index contributed by atoms with van der Waals surface area (Å²) in [6, 6.07) is 8.07. The Morgan fingerprint density at radius 1 is 1.38 bits per heavy atom. The molecule has 1 aromatic carbocycles. The molecule has 0 saturated heterocycles. The average molecular weight is 407 g/mol. The number of halogens is 3. The van der Waals surface area contributed by atoms with Gasteiger partial charge in [0, 0.05) is 32.4 Å². The molecule has 1 aromatic heterocycles. The average Bonchev–Trinajstić information content (AvgIpc) is 2.79. The molecule has 1 N–H and O–H groups in total. The number of thiophene rings is 1. The second kappa shape index (κ2) is 6.47. The summed E-state index contributed by atoms with van der Waals surface area (Å²) in [5.74, 6) is 0.891. The van der Waals surface area contributed by atoms with E-state index in [0.29, 0.717) is 0 Å². The lowest BCUT2D eigenvalue weighted by Gasteiger charge is -2.32. The fourth-order valence-electron chi connectivity index (χ4n) is 2.58. The smallest absolute Gasteiger partial charge is 0.135 e. The fraction of sp³-hybridized carbons (Fsp3) is 0.333. The molecule has 0 fully saturated rings. The second-order valence-corrected chi connectivity index (χ2v) is 7.88. The van der Waals surface area contributed by atoms with E-state index in [1.165, 1.54) is 0 Å². The van der Waals surface area contributed by atoms with Crippen LogP contribution in [0, 0.1) is 0 Å². The van der Waals surface area contributed by atoms with Crippen molar-refractivity contribution >= 4 is 50.5 Å². The molecule has 112 valence electrons. The van der Waals surface area contributed by atoms with Gasteiger partial charge in [-0.25, -0.2) is 0 Å². The normalized spacial score (nSPS) is 21.0. The number of nitrogens with one attached hydrogen (secondary N) is 1. The third-order valence-corrected chi connectivity index (χ3v) is 6.30. The minimum Gasteiger partial charge on any atom is -0.484 e. The van der Waals surface area contributed by atoms with Crippen LogP contribution in [-0.2, 0) is 0 Å². The number of hydrogen-bond acceptors (Lipinski definition) is 3. The van der Waals surface area contributed by atoms with Gasteiger partial charge in [0.05, 0.1) is 0 Å². The highest BCUT2D eigenvalue weighted by atomic mass is 79.9. The van der Waals surface area contributed by atoms with Crippen LogP contribution in [0.25, 0.3) is 0 Å². The van der Waals surface area contributed by atoms with Crippen LogP contribution < -0.4 is 10.1 Å². The van der Waals surface area contributed by atoms with Gasteiger partial charge in [-0.2, -0.15) is 0 Å². The number of fused-ring (bicyclic) bond motifs is 1. The van der Waals surface area contributed by atoms with Crippen LogP contribution in [0.3, 0.4) is 0 Å². The Morgan fingerprint density at radius 2 is 2.19 bits per heavy atom. The highest BCUT2D eigenvalue weighted by Crippen LogP contribution is 2.45. The van der Waals surface area contributed by atoms with Crippen molar-refractivity contribution in [3.05, 3.63) is 48.5 Å². The van der Waals surface area contributed by atoms with Crippen molar-refractivity contribution in [1.82, 2.24) is 5.32 Å². The second-order valence-electron chi connectivity index (χ2n) is 4.91. The Morgan fingerprint density at radius 3 is 2.86 bits per heavy atom. The van der Waals surface area contributed by atoms with Crippen molar-refractivity contribution in [2.45, 2.75) is 25.5 Å². The minimum atomic E-state index is 0.0107. The first-order valence-corrected chi connectivity index (χ1v) is 9.09. The van der Waals surface area contributed by atoms with E-state index < -0.39 is 0 Å². The molecule has 0 amide bonds. The summed E-state index contributed by atoms with van der Waals surface area (Å²) in [5.41, 5.74) is 1.13. The first-order chi connectivity index (χ1) is 10.1. The maximum absolute atomic E-state index is 6.15. The van der Waals surface area contributed by atoms with E-state index in [4.69, 9.17) is 27.9 Å². The summed E-state index contributed by atoms with van der Waals surface area (Å²) in [6.07, 6.45) is 0.876. The van der Waals surface area contributed by atoms with Crippen molar-refractivity contribution < 1.29 is 4.74 Å². The fourth-order valence-corrected chi connectivity index (χ4v) is 4.54. The Labute approximate surface area is 146 Å². The summed E-state index contributed by atoms with van der Waals surface area (Å²) in [5, 5.41) is 4.25. The van der Waals surface area contributed by atoms with Crippen molar-refractivity contribution in [2.75, 3.05) is 6.54 Å². The molecule has 1 aliphatic rings. The summed E-state index contributed by atoms with van der Waals surface area (Å²) in [6.45, 7) is 3.01. The van der Waals surface area contributed by atoms with Gasteiger partial charge in [-0.15, -0.1) is 11.3 Å². The van der Waals surface area contributed by atoms with Crippen molar-refractivity contribution in [1.29, 1.82) is 0 Å². The molecule has 0 spiro atoms. The summed E-state index contributed by atoms with van der Waals surface area (Å²) in [7, 11) is 0. The molecule has 0 aliphatic carbocycles. The van der Waals surface area contributed by atoms with Crippen LogP contribution in [0.1, 0.15) is 35.9 Å². The van der Waals surface area contributed by atoms with Gasteiger partial charge in [-0.3, -0.25) is 0 Å². The molecule has 3 rings (SSSR count). The molecular formula is C15H14BrCl2NOS. The molecule has 0 radical (unpaired) electrons. The lowest BCUT2D eigenvalue weighted by atomic mass is 9.95. The first-order valence-electron chi connectivity index (χ1n) is 6.72. The predicted octanol–water partition coefficient (Wildman–Crippen LogP) is 5.99. The number of rotatable bonds is 3. The van der Waals surface area contributed by atoms with Crippen LogP contribution in [0.2, 0.25) is 9.36 Å². The Hall–Kier alpha value is -0.260. The van der Waals surface area contributed by atoms with E-state index in [2.05, 4.69) is 28.2 Å². The van der Waals surface area contributed by atoms with Crippen LogP contribution in [0.15, 0.2) is 28.7 Å². The minimum absolute atomic E-state index is 0.0107. The number of benzene rings is 1. The SMILES string of the molecule is CCNC1CC(c2cc(Br)c(Cl)s2)Oc2ccc(Cl)cc21. The topological polar surface area (TPSA) is 21.3 Å². The molecule has 2 heterocycles. The quantitative estimate of drug-likeness (QED) is 0.675. The van der Waals surface area contributed by atoms with E-state index in [1.54, 1.807) is 11.3 Å². The van der Waals surface area contributed by atoms with Gasteiger partial charge in [0.15, 0.2) is 0 Å². The third kappa shape index (κ3) is 3.25. The molecule has 2 atom stereocenters. The molecule has 1 aliphatic heterocycles. The Bertz CT molecular complexity index is 642. The first kappa shape index (κ1) is 15.6. The van der Waals surface area contributed by atoms with Gasteiger partial charge < -0.3 is 10.1 Å². The molecule has 6 heteroatoms. The van der Waals surface area contributed by atoms with Crippen LogP contribution in [0.5, 0.6) is 5.75 Å². The van der Waals surface area contributed by atoms with Crippen LogP contribution in [0.4, 0.5) is 0 Å². The highest BCUT2D eigenvalue weighted by Gasteiger charge is 2.30. The van der Waals surface area contributed by atoms with Crippen LogP contribution >= 0.6 is 50.5 Å². The summed E-state index contributed by atoms with van der Waals surface area (Å²) in [4.78, 5) is 1.13. The van der Waals surface area contributed by atoms with E-state index >= 15 is 0 Å². The van der Waals surface area contributed by atoms with Gasteiger partial charge in [0.25, 0.3) is 0 Å². The molecule has 2 unspecified atom stereocenters. The van der Waals surface area contributed by atoms with E-state index in [0.717, 1.165) is 43.0 Å². The molecule has 2 nitrogen and oxygen atoms in total. The maximum Gasteiger partial charge on any atom is 0.135 e. The van der Waals surface area contributed by atoms with Gasteiger partial charge in [-0.05, 0) is 46.7 Å². The predicted molar refractivity (Wildman–Crippen MR) is 92.9 cm³/mol. The molecular weight excluding hydrogens is 393 g/mol. The Kier molecular flexibility index (Phi) is 4.81. The zero-order valence-electron chi connectivity index (χ0n) is 11.3. The van der Waals surface area contributed by atoms with E-state index in [9.17, 15) is 0 Å². The van der Waals surface area contributed by atoms with Gasteiger partial charge in [0.2, 0.25) is 0 Å². The van der Waals surface area contributed by atoms with Crippen molar-refractivity contribution in [3.8, 4) is 5.75 Å². The molecule has 2 aromatic rings. The van der Waals surface area contributed by atoms with Crippen molar-refractivity contribution in [3.63, 3.8) is 0 Å². The zero-order chi connectivity index (χ0) is 15.0. The van der Waals surface area contributed by atoms with Gasteiger partial charge in [-0.1, -0.05) is 30.1 Å². The van der Waals surface area contributed by atoms with Gasteiger partial charge >= 0.3 is 0 Å². The summed E-state index contributed by atoms with van der Waals surface area (Å²) < 4.78 is 7.84.